The van der Waals surface area contributed by atoms with Gasteiger partial charge in [0.25, 0.3) is 0 Å². The van der Waals surface area contributed by atoms with Crippen LogP contribution in [0.25, 0.3) is 0 Å². The number of nitrogens with two attached hydrogens (primary N) is 1. The minimum atomic E-state index is -4.69. The highest BCUT2D eigenvalue weighted by Gasteiger charge is 2.34. The Bertz CT molecular complexity index is 686. The molecule has 0 atom stereocenters. The molecular formula is C13H10ClF4N3. The average Bonchev–Trinajstić information content (AvgIpc) is 2.36. The summed E-state index contributed by atoms with van der Waals surface area (Å²) in [6.45, 7) is 1.56. The molecular weight excluding hydrogens is 310 g/mol. The molecule has 8 heteroatoms. The fourth-order valence-corrected chi connectivity index (χ4v) is 1.88. The van der Waals surface area contributed by atoms with Gasteiger partial charge in [-0.1, -0.05) is 11.6 Å². The van der Waals surface area contributed by atoms with Gasteiger partial charge in [0, 0.05) is 0 Å². The smallest absolute Gasteiger partial charge is 0.382 e. The molecule has 0 aliphatic rings. The summed E-state index contributed by atoms with van der Waals surface area (Å²) < 4.78 is 51.8. The van der Waals surface area contributed by atoms with Crippen LogP contribution >= 0.6 is 11.6 Å². The molecule has 112 valence electrons. The number of alkyl halides is 3. The molecule has 0 spiro atoms. The second-order valence-electron chi connectivity index (χ2n) is 4.30. The first-order valence-electron chi connectivity index (χ1n) is 5.75. The summed E-state index contributed by atoms with van der Waals surface area (Å²) in [6.07, 6.45) is -4.69. The first-order valence-corrected chi connectivity index (χ1v) is 6.12. The summed E-state index contributed by atoms with van der Waals surface area (Å²) in [6, 6.07) is 3.72. The van der Waals surface area contributed by atoms with Crippen LogP contribution in [-0.2, 0) is 6.18 Å². The predicted octanol–water partition coefficient (Wildman–Crippen LogP) is 4.53. The standard InChI is InChI=1S/C13H10ClF4N3/c1-6-11(5-9(14)12(19)20-6)21-10-3-2-7(15)4-8(10)13(16,17)18/h2-5,21H,1H3,(H2,19,20). The molecule has 0 saturated heterocycles. The van der Waals surface area contributed by atoms with Gasteiger partial charge in [0.2, 0.25) is 0 Å². The quantitative estimate of drug-likeness (QED) is 0.800. The molecule has 0 fully saturated rings. The number of aryl methyl sites for hydroxylation is 1. The molecule has 3 N–H and O–H groups in total. The van der Waals surface area contributed by atoms with Gasteiger partial charge in [0.05, 0.1) is 27.7 Å². The minimum Gasteiger partial charge on any atom is -0.382 e. The number of hydrogen-bond acceptors (Lipinski definition) is 3. The minimum absolute atomic E-state index is 0.0786. The number of aromatic nitrogens is 1. The van der Waals surface area contributed by atoms with E-state index in [-0.39, 0.29) is 22.2 Å². The van der Waals surface area contributed by atoms with Gasteiger partial charge in [0.1, 0.15) is 11.6 Å². The van der Waals surface area contributed by atoms with Crippen molar-refractivity contribution in [2.75, 3.05) is 11.1 Å². The van der Waals surface area contributed by atoms with Gasteiger partial charge in [-0.05, 0) is 31.2 Å². The van der Waals surface area contributed by atoms with E-state index in [1.54, 1.807) is 6.92 Å². The Labute approximate surface area is 122 Å². The fraction of sp³-hybridized carbons (Fsp3) is 0.154. The van der Waals surface area contributed by atoms with Crippen LogP contribution in [0.2, 0.25) is 5.02 Å². The summed E-state index contributed by atoms with van der Waals surface area (Å²) in [7, 11) is 0. The normalized spacial score (nSPS) is 11.5. The van der Waals surface area contributed by atoms with E-state index < -0.39 is 17.6 Å². The van der Waals surface area contributed by atoms with Crippen LogP contribution in [0.5, 0.6) is 0 Å². The zero-order valence-electron chi connectivity index (χ0n) is 10.7. The van der Waals surface area contributed by atoms with Crippen molar-refractivity contribution in [1.82, 2.24) is 4.98 Å². The topological polar surface area (TPSA) is 50.9 Å². The van der Waals surface area contributed by atoms with Crippen LogP contribution in [-0.4, -0.2) is 4.98 Å². The van der Waals surface area contributed by atoms with E-state index >= 15 is 0 Å². The van der Waals surface area contributed by atoms with Crippen LogP contribution in [0.15, 0.2) is 24.3 Å². The lowest BCUT2D eigenvalue weighted by molar-refractivity contribution is -0.137. The largest absolute Gasteiger partial charge is 0.418 e. The molecule has 0 bridgehead atoms. The van der Waals surface area contributed by atoms with E-state index in [4.69, 9.17) is 17.3 Å². The Hall–Kier alpha value is -2.02. The molecule has 1 aromatic carbocycles. The van der Waals surface area contributed by atoms with Crippen molar-refractivity contribution in [3.63, 3.8) is 0 Å². The molecule has 0 radical (unpaired) electrons. The van der Waals surface area contributed by atoms with Crippen molar-refractivity contribution >= 4 is 28.8 Å². The van der Waals surface area contributed by atoms with Gasteiger partial charge >= 0.3 is 6.18 Å². The number of nitrogen functional groups attached to an aromatic ring is 1. The van der Waals surface area contributed by atoms with Gasteiger partial charge in [-0.25, -0.2) is 9.37 Å². The van der Waals surface area contributed by atoms with Crippen molar-refractivity contribution in [3.8, 4) is 0 Å². The third kappa shape index (κ3) is 3.36. The van der Waals surface area contributed by atoms with Crippen molar-refractivity contribution in [2.24, 2.45) is 0 Å². The number of rotatable bonds is 2. The van der Waals surface area contributed by atoms with E-state index in [1.165, 1.54) is 6.07 Å². The Balaban J connectivity index is 2.47. The SMILES string of the molecule is Cc1nc(N)c(Cl)cc1Nc1ccc(F)cc1C(F)(F)F. The molecule has 0 aliphatic heterocycles. The Kier molecular flexibility index (Phi) is 3.95. The molecule has 1 heterocycles. The predicted molar refractivity (Wildman–Crippen MR) is 73.1 cm³/mol. The highest BCUT2D eigenvalue weighted by atomic mass is 35.5. The summed E-state index contributed by atoms with van der Waals surface area (Å²) in [5, 5.41) is 2.66. The molecule has 2 aromatic rings. The van der Waals surface area contributed by atoms with E-state index in [2.05, 4.69) is 10.3 Å². The van der Waals surface area contributed by atoms with Gasteiger partial charge in [-0.2, -0.15) is 13.2 Å². The van der Waals surface area contributed by atoms with Crippen molar-refractivity contribution < 1.29 is 17.6 Å². The zero-order chi connectivity index (χ0) is 15.8. The molecule has 0 aliphatic carbocycles. The Morgan fingerprint density at radius 1 is 1.19 bits per heavy atom. The van der Waals surface area contributed by atoms with Crippen molar-refractivity contribution in [2.45, 2.75) is 13.1 Å². The van der Waals surface area contributed by atoms with Crippen LogP contribution < -0.4 is 11.1 Å². The lowest BCUT2D eigenvalue weighted by Crippen LogP contribution is -2.10. The van der Waals surface area contributed by atoms with E-state index in [9.17, 15) is 17.6 Å². The second kappa shape index (κ2) is 5.40. The van der Waals surface area contributed by atoms with Crippen molar-refractivity contribution in [3.05, 3.63) is 46.4 Å². The maximum Gasteiger partial charge on any atom is 0.418 e. The highest BCUT2D eigenvalue weighted by Crippen LogP contribution is 2.37. The lowest BCUT2D eigenvalue weighted by atomic mass is 10.1. The Morgan fingerprint density at radius 3 is 2.48 bits per heavy atom. The summed E-state index contributed by atoms with van der Waals surface area (Å²) in [4.78, 5) is 3.91. The van der Waals surface area contributed by atoms with E-state index in [0.29, 0.717) is 11.8 Å². The maximum absolute atomic E-state index is 13.0. The molecule has 3 nitrogen and oxygen atoms in total. The second-order valence-corrected chi connectivity index (χ2v) is 4.71. The molecule has 21 heavy (non-hydrogen) atoms. The Morgan fingerprint density at radius 2 is 1.86 bits per heavy atom. The number of anilines is 3. The molecule has 1 aromatic heterocycles. The highest BCUT2D eigenvalue weighted by molar-refractivity contribution is 6.33. The summed E-state index contributed by atoms with van der Waals surface area (Å²) in [5.74, 6) is -0.895. The molecule has 0 amide bonds. The van der Waals surface area contributed by atoms with Crippen LogP contribution in [0.1, 0.15) is 11.3 Å². The fourth-order valence-electron chi connectivity index (χ4n) is 1.73. The monoisotopic (exact) mass is 319 g/mol. The number of pyridine rings is 1. The molecule has 0 unspecified atom stereocenters. The lowest BCUT2D eigenvalue weighted by Gasteiger charge is -2.16. The summed E-state index contributed by atoms with van der Waals surface area (Å²) >= 11 is 5.80. The number of hydrogen-bond donors (Lipinski definition) is 2. The van der Waals surface area contributed by atoms with Crippen LogP contribution in [0.3, 0.4) is 0 Å². The third-order valence-electron chi connectivity index (χ3n) is 2.75. The van der Waals surface area contributed by atoms with Gasteiger partial charge < -0.3 is 11.1 Å². The van der Waals surface area contributed by atoms with E-state index in [1.807, 2.05) is 0 Å². The average molecular weight is 320 g/mol. The summed E-state index contributed by atoms with van der Waals surface area (Å²) in [5.41, 5.74) is 4.71. The van der Waals surface area contributed by atoms with Gasteiger partial charge in [-0.15, -0.1) is 0 Å². The van der Waals surface area contributed by atoms with E-state index in [0.717, 1.165) is 12.1 Å². The van der Waals surface area contributed by atoms with Crippen LogP contribution in [0, 0.1) is 12.7 Å². The van der Waals surface area contributed by atoms with Gasteiger partial charge in [0.15, 0.2) is 0 Å². The third-order valence-corrected chi connectivity index (χ3v) is 3.05. The zero-order valence-corrected chi connectivity index (χ0v) is 11.5. The first-order chi connectivity index (χ1) is 9.68. The number of halogens is 5. The van der Waals surface area contributed by atoms with Crippen LogP contribution in [0.4, 0.5) is 34.8 Å². The maximum atomic E-state index is 13.0. The van der Waals surface area contributed by atoms with Crippen molar-refractivity contribution in [1.29, 1.82) is 0 Å². The van der Waals surface area contributed by atoms with Gasteiger partial charge in [-0.3, -0.25) is 0 Å². The number of nitrogens with one attached hydrogen (secondary N) is 1. The molecule has 2 rings (SSSR count). The first kappa shape index (κ1) is 15.4. The number of benzene rings is 1. The molecule has 0 saturated carbocycles. The number of nitrogens with zero attached hydrogens (tertiary/aromatic N) is 1.